The minimum atomic E-state index is 0.0807. The number of nitrogens with zero attached hydrogens (tertiary/aromatic N) is 6. The van der Waals surface area contributed by atoms with Gasteiger partial charge >= 0.3 is 0 Å². The molecule has 174 valence electrons. The first-order chi connectivity index (χ1) is 16.0. The molecule has 3 heterocycles. The van der Waals surface area contributed by atoms with E-state index < -0.39 is 0 Å². The number of benzene rings is 1. The van der Waals surface area contributed by atoms with E-state index in [2.05, 4.69) is 43.5 Å². The highest BCUT2D eigenvalue weighted by atomic mass is 16.1. The van der Waals surface area contributed by atoms with Crippen LogP contribution in [0.2, 0.25) is 0 Å². The zero-order chi connectivity index (χ0) is 22.8. The van der Waals surface area contributed by atoms with E-state index in [9.17, 15) is 4.79 Å². The van der Waals surface area contributed by atoms with Crippen molar-refractivity contribution in [2.75, 3.05) is 45.1 Å². The third-order valence-corrected chi connectivity index (χ3v) is 7.20. The molecule has 1 saturated heterocycles. The molecule has 0 spiro atoms. The molecule has 0 radical (unpaired) electrons. The number of carbonyl (C=O) groups excluding carboxylic acids is 1. The Hall–Kier alpha value is -2.84. The molecule has 8 heteroatoms. The zero-order valence-corrected chi connectivity index (χ0v) is 19.6. The van der Waals surface area contributed by atoms with E-state index in [0.717, 1.165) is 66.7 Å². The number of fused-ring (bicyclic) bond motifs is 1. The van der Waals surface area contributed by atoms with Gasteiger partial charge in [0.05, 0.1) is 6.20 Å². The minimum absolute atomic E-state index is 0.0807. The molecule has 3 aromatic rings. The van der Waals surface area contributed by atoms with Crippen LogP contribution in [0.15, 0.2) is 36.7 Å². The van der Waals surface area contributed by atoms with Gasteiger partial charge in [0.2, 0.25) is 5.91 Å². The number of pyridine rings is 1. The fourth-order valence-corrected chi connectivity index (χ4v) is 5.08. The first kappa shape index (κ1) is 22.0. The second-order valence-corrected chi connectivity index (χ2v) is 9.72. The lowest BCUT2D eigenvalue weighted by Crippen LogP contribution is -2.46. The summed E-state index contributed by atoms with van der Waals surface area (Å²) in [4.78, 5) is 22.4. The second-order valence-electron chi connectivity index (χ2n) is 9.72. The highest BCUT2D eigenvalue weighted by Crippen LogP contribution is 2.31. The van der Waals surface area contributed by atoms with Gasteiger partial charge in [0.15, 0.2) is 0 Å². The molecule has 2 aliphatic rings. The summed E-state index contributed by atoms with van der Waals surface area (Å²) in [5.74, 6) is 1.52. The molecule has 1 amide bonds. The highest BCUT2D eigenvalue weighted by Gasteiger charge is 2.28. The smallest absolute Gasteiger partial charge is 0.228 e. The lowest BCUT2D eigenvalue weighted by Gasteiger charge is -2.36. The summed E-state index contributed by atoms with van der Waals surface area (Å²) < 4.78 is 1.69. The van der Waals surface area contributed by atoms with E-state index in [1.54, 1.807) is 4.68 Å². The average molecular weight is 448 g/mol. The standard InChI is InChI=1S/C25H33N7O/c1-30-9-11-32(12-10-30)16-18-3-5-19(6-4-18)25(33)27-24-14-22-13-20(7-8-21(22)15-26-24)23-17-31(2)29-28-23/h7-8,13-15,17-19H,3-6,9-12,16H2,1-2H3,(H,26,27,33)/t18-,19-. The number of rotatable bonds is 5. The van der Waals surface area contributed by atoms with Crippen LogP contribution in [0, 0.1) is 11.8 Å². The summed E-state index contributed by atoms with van der Waals surface area (Å²) in [5, 5.41) is 13.3. The van der Waals surface area contributed by atoms with Crippen molar-refractivity contribution in [3.8, 4) is 11.3 Å². The molecule has 33 heavy (non-hydrogen) atoms. The number of hydrogen-bond donors (Lipinski definition) is 1. The maximum absolute atomic E-state index is 12.9. The van der Waals surface area contributed by atoms with Gasteiger partial charge in [-0.1, -0.05) is 17.3 Å². The first-order valence-corrected chi connectivity index (χ1v) is 12.0. The van der Waals surface area contributed by atoms with Crippen molar-refractivity contribution in [3.63, 3.8) is 0 Å². The van der Waals surface area contributed by atoms with Crippen molar-refractivity contribution in [1.29, 1.82) is 0 Å². The lowest BCUT2D eigenvalue weighted by molar-refractivity contribution is -0.121. The van der Waals surface area contributed by atoms with Gasteiger partial charge in [-0.15, -0.1) is 5.10 Å². The van der Waals surface area contributed by atoms with Crippen molar-refractivity contribution in [1.82, 2.24) is 29.8 Å². The minimum Gasteiger partial charge on any atom is -0.310 e. The van der Waals surface area contributed by atoms with E-state index in [1.807, 2.05) is 37.6 Å². The summed E-state index contributed by atoms with van der Waals surface area (Å²) in [7, 11) is 4.05. The first-order valence-electron chi connectivity index (χ1n) is 12.0. The molecular weight excluding hydrogens is 414 g/mol. The van der Waals surface area contributed by atoms with Gasteiger partial charge in [-0.05, 0) is 56.2 Å². The number of hydrogen-bond acceptors (Lipinski definition) is 6. The SMILES string of the molecule is CN1CCN(C[C@H]2CC[C@H](C(=O)Nc3cc4cc(-c5cn(C)nn5)ccc4cn3)CC2)CC1. The van der Waals surface area contributed by atoms with E-state index in [-0.39, 0.29) is 11.8 Å². The van der Waals surface area contributed by atoms with E-state index in [0.29, 0.717) is 5.82 Å². The molecule has 0 bridgehead atoms. The summed E-state index contributed by atoms with van der Waals surface area (Å²) in [6, 6.07) is 8.07. The molecule has 8 nitrogen and oxygen atoms in total. The average Bonchev–Trinajstić information content (AvgIpc) is 3.27. The third kappa shape index (κ3) is 5.23. The molecular formula is C25H33N7O. The van der Waals surface area contributed by atoms with Crippen molar-refractivity contribution < 1.29 is 4.79 Å². The summed E-state index contributed by atoms with van der Waals surface area (Å²) in [5.41, 5.74) is 1.83. The predicted molar refractivity (Wildman–Crippen MR) is 130 cm³/mol. The van der Waals surface area contributed by atoms with Crippen LogP contribution in [-0.2, 0) is 11.8 Å². The van der Waals surface area contributed by atoms with Gasteiger partial charge in [-0.25, -0.2) is 4.98 Å². The number of aromatic nitrogens is 4. The predicted octanol–water partition coefficient (Wildman–Crippen LogP) is 3.02. The van der Waals surface area contributed by atoms with Crippen LogP contribution < -0.4 is 5.32 Å². The third-order valence-electron chi connectivity index (χ3n) is 7.20. The number of carbonyl (C=O) groups is 1. The Bertz CT molecular complexity index is 1110. The number of nitrogens with one attached hydrogen (secondary N) is 1. The topological polar surface area (TPSA) is 79.2 Å². The molecule has 2 aromatic heterocycles. The van der Waals surface area contributed by atoms with Gasteiger partial charge in [0.25, 0.3) is 0 Å². The highest BCUT2D eigenvalue weighted by molar-refractivity contribution is 5.95. The van der Waals surface area contributed by atoms with E-state index in [1.165, 1.54) is 19.6 Å². The molecule has 1 N–H and O–H groups in total. The van der Waals surface area contributed by atoms with E-state index in [4.69, 9.17) is 0 Å². The number of anilines is 1. The quantitative estimate of drug-likeness (QED) is 0.648. The zero-order valence-electron chi connectivity index (χ0n) is 19.6. The van der Waals surface area contributed by atoms with Gasteiger partial charge in [-0.2, -0.15) is 0 Å². The maximum atomic E-state index is 12.9. The molecule has 1 aromatic carbocycles. The Morgan fingerprint density at radius 3 is 2.55 bits per heavy atom. The summed E-state index contributed by atoms with van der Waals surface area (Å²) in [6.07, 6.45) is 7.92. The molecule has 1 aliphatic carbocycles. The lowest BCUT2D eigenvalue weighted by atomic mass is 9.81. The van der Waals surface area contributed by atoms with Crippen LogP contribution in [0.25, 0.3) is 22.0 Å². The van der Waals surface area contributed by atoms with Crippen molar-refractivity contribution in [2.45, 2.75) is 25.7 Å². The van der Waals surface area contributed by atoms with Crippen molar-refractivity contribution >= 4 is 22.5 Å². The van der Waals surface area contributed by atoms with Gasteiger partial charge in [0, 0.05) is 62.8 Å². The summed E-state index contributed by atoms with van der Waals surface area (Å²) >= 11 is 0. The molecule has 2 fully saturated rings. The van der Waals surface area contributed by atoms with E-state index >= 15 is 0 Å². The Labute approximate surface area is 195 Å². The van der Waals surface area contributed by atoms with Gasteiger partial charge in [0.1, 0.15) is 11.5 Å². The number of piperazine rings is 1. The maximum Gasteiger partial charge on any atom is 0.228 e. The van der Waals surface area contributed by atoms with Crippen LogP contribution >= 0.6 is 0 Å². The molecule has 0 atom stereocenters. The fraction of sp³-hybridized carbons (Fsp3) is 0.520. The number of likely N-dealkylation sites (N-methyl/N-ethyl adjacent to an activating group) is 1. The Morgan fingerprint density at radius 2 is 1.82 bits per heavy atom. The van der Waals surface area contributed by atoms with Gasteiger partial charge in [-0.3, -0.25) is 9.48 Å². The molecule has 1 aliphatic heterocycles. The monoisotopic (exact) mass is 447 g/mol. The molecule has 5 rings (SSSR count). The van der Waals surface area contributed by atoms with Crippen LogP contribution in [0.4, 0.5) is 5.82 Å². The number of aryl methyl sites for hydroxylation is 1. The Morgan fingerprint density at radius 1 is 1.03 bits per heavy atom. The normalized spacial score (nSPS) is 22.5. The van der Waals surface area contributed by atoms with Gasteiger partial charge < -0.3 is 15.1 Å². The van der Waals surface area contributed by atoms with Crippen LogP contribution in [-0.4, -0.2) is 75.5 Å². The second kappa shape index (κ2) is 9.57. The van der Waals surface area contributed by atoms with Crippen LogP contribution in [0.5, 0.6) is 0 Å². The summed E-state index contributed by atoms with van der Waals surface area (Å²) in [6.45, 7) is 5.85. The van der Waals surface area contributed by atoms with Crippen LogP contribution in [0.3, 0.4) is 0 Å². The number of amides is 1. The molecule has 0 unspecified atom stereocenters. The largest absolute Gasteiger partial charge is 0.310 e. The Balaban J connectivity index is 1.18. The molecule has 1 saturated carbocycles. The fourth-order valence-electron chi connectivity index (χ4n) is 5.08. The van der Waals surface area contributed by atoms with Crippen molar-refractivity contribution in [3.05, 3.63) is 36.7 Å². The Kier molecular flexibility index (Phi) is 6.37. The van der Waals surface area contributed by atoms with Crippen LogP contribution in [0.1, 0.15) is 25.7 Å². The van der Waals surface area contributed by atoms with Crippen molar-refractivity contribution in [2.24, 2.45) is 18.9 Å².